The molecule has 4 heteroatoms. The lowest BCUT2D eigenvalue weighted by Gasteiger charge is -2.10. The molecule has 0 aromatic carbocycles. The third kappa shape index (κ3) is 15.6. The first-order valence-electron chi connectivity index (χ1n) is 9.64. The summed E-state index contributed by atoms with van der Waals surface area (Å²) in [4.78, 5) is 21.1. The Morgan fingerprint density at radius 3 is 1.57 bits per heavy atom. The second-order valence-electron chi connectivity index (χ2n) is 6.56. The molecule has 4 nitrogen and oxygen atoms in total. The van der Waals surface area contributed by atoms with E-state index in [0.717, 1.165) is 12.8 Å². The molecule has 1 unspecified atom stereocenters. The van der Waals surface area contributed by atoms with Crippen LogP contribution in [0.4, 0.5) is 0 Å². The molecule has 1 atom stereocenters. The van der Waals surface area contributed by atoms with Crippen molar-refractivity contribution in [2.45, 2.75) is 109 Å². The van der Waals surface area contributed by atoms with Gasteiger partial charge in [0.1, 0.15) is 6.04 Å². The van der Waals surface area contributed by atoms with Crippen molar-refractivity contribution in [1.82, 2.24) is 5.32 Å². The summed E-state index contributed by atoms with van der Waals surface area (Å²) < 4.78 is 0. The first-order valence-corrected chi connectivity index (χ1v) is 9.64. The predicted molar refractivity (Wildman–Crippen MR) is 95.6 cm³/mol. The Hall–Kier alpha value is -1.06. The molecular formula is C19H37NO3. The maximum Gasteiger partial charge on any atom is 0.326 e. The summed E-state index contributed by atoms with van der Waals surface area (Å²) in [6, 6.07) is -0.718. The van der Waals surface area contributed by atoms with Crippen molar-refractivity contribution in [3.05, 3.63) is 0 Å². The molecule has 0 fully saturated rings. The number of aliphatic carboxylic acids is 1. The van der Waals surface area contributed by atoms with Gasteiger partial charge in [-0.2, -0.15) is 0 Å². The van der Waals surface area contributed by atoms with Crippen LogP contribution in [0.3, 0.4) is 0 Å². The number of carboxylic acids is 1. The molecule has 136 valence electrons. The molecule has 0 saturated heterocycles. The summed E-state index contributed by atoms with van der Waals surface area (Å²) in [7, 11) is 0. The van der Waals surface area contributed by atoms with Gasteiger partial charge in [-0.05, 0) is 6.42 Å². The van der Waals surface area contributed by atoms with Gasteiger partial charge in [-0.1, -0.05) is 96.8 Å². The number of hydrogen-bond acceptors (Lipinski definition) is 2. The molecule has 0 rings (SSSR count). The highest BCUT2D eigenvalue weighted by Crippen LogP contribution is 2.13. The topological polar surface area (TPSA) is 66.4 Å². The van der Waals surface area contributed by atoms with Crippen LogP contribution in [-0.2, 0) is 9.59 Å². The van der Waals surface area contributed by atoms with E-state index >= 15 is 0 Å². The molecule has 0 aliphatic heterocycles. The van der Waals surface area contributed by atoms with E-state index in [1.807, 2.05) is 0 Å². The normalized spacial score (nSPS) is 12.0. The summed E-state index contributed by atoms with van der Waals surface area (Å²) >= 11 is 0. The van der Waals surface area contributed by atoms with Crippen molar-refractivity contribution in [2.75, 3.05) is 0 Å². The van der Waals surface area contributed by atoms with Crippen molar-refractivity contribution >= 4 is 12.4 Å². The van der Waals surface area contributed by atoms with E-state index < -0.39 is 12.0 Å². The van der Waals surface area contributed by atoms with E-state index in [4.69, 9.17) is 5.11 Å². The van der Waals surface area contributed by atoms with Gasteiger partial charge in [0.2, 0.25) is 6.41 Å². The van der Waals surface area contributed by atoms with Crippen LogP contribution in [0.1, 0.15) is 103 Å². The fourth-order valence-corrected chi connectivity index (χ4v) is 2.90. The van der Waals surface area contributed by atoms with Crippen LogP contribution in [0, 0.1) is 0 Å². The molecule has 0 saturated carbocycles. The first-order chi connectivity index (χ1) is 11.2. The van der Waals surface area contributed by atoms with E-state index in [1.54, 1.807) is 0 Å². The molecule has 0 aromatic heterocycles. The monoisotopic (exact) mass is 327 g/mol. The Balaban J connectivity index is 3.21. The number of hydrogen-bond donors (Lipinski definition) is 2. The molecule has 23 heavy (non-hydrogen) atoms. The minimum atomic E-state index is -0.938. The minimum absolute atomic E-state index is 0.475. The molecule has 0 heterocycles. The Kier molecular flexibility index (Phi) is 16.5. The van der Waals surface area contributed by atoms with Gasteiger partial charge in [0.15, 0.2) is 0 Å². The van der Waals surface area contributed by atoms with E-state index in [-0.39, 0.29) is 0 Å². The molecule has 0 aliphatic rings. The molecule has 2 N–H and O–H groups in total. The van der Waals surface area contributed by atoms with Gasteiger partial charge in [-0.3, -0.25) is 4.79 Å². The van der Waals surface area contributed by atoms with E-state index in [9.17, 15) is 9.59 Å². The zero-order chi connectivity index (χ0) is 17.2. The highest BCUT2D eigenvalue weighted by atomic mass is 16.4. The van der Waals surface area contributed by atoms with Crippen molar-refractivity contribution in [3.8, 4) is 0 Å². The summed E-state index contributed by atoms with van der Waals surface area (Å²) in [6.07, 6.45) is 19.0. The second kappa shape index (κ2) is 17.3. The third-order valence-electron chi connectivity index (χ3n) is 4.41. The zero-order valence-corrected chi connectivity index (χ0v) is 15.0. The van der Waals surface area contributed by atoms with Crippen molar-refractivity contribution < 1.29 is 14.7 Å². The van der Waals surface area contributed by atoms with Gasteiger partial charge in [0, 0.05) is 0 Å². The van der Waals surface area contributed by atoms with Gasteiger partial charge < -0.3 is 10.4 Å². The van der Waals surface area contributed by atoms with Crippen LogP contribution in [0.25, 0.3) is 0 Å². The quantitative estimate of drug-likeness (QED) is 0.273. The van der Waals surface area contributed by atoms with Gasteiger partial charge in [0.05, 0.1) is 0 Å². The number of carboxylic acid groups (broad SMARTS) is 1. The Labute approximate surface area is 142 Å². The van der Waals surface area contributed by atoms with Gasteiger partial charge in [-0.15, -0.1) is 0 Å². The molecular weight excluding hydrogens is 290 g/mol. The highest BCUT2D eigenvalue weighted by Gasteiger charge is 2.14. The Morgan fingerprint density at radius 1 is 0.826 bits per heavy atom. The van der Waals surface area contributed by atoms with Crippen molar-refractivity contribution in [3.63, 3.8) is 0 Å². The lowest BCUT2D eigenvalue weighted by Crippen LogP contribution is -2.35. The summed E-state index contributed by atoms with van der Waals surface area (Å²) in [5.41, 5.74) is 0. The van der Waals surface area contributed by atoms with E-state index in [1.165, 1.54) is 77.0 Å². The van der Waals surface area contributed by atoms with E-state index in [2.05, 4.69) is 12.2 Å². The zero-order valence-electron chi connectivity index (χ0n) is 15.0. The van der Waals surface area contributed by atoms with E-state index in [0.29, 0.717) is 12.8 Å². The first kappa shape index (κ1) is 21.9. The molecule has 0 aliphatic carbocycles. The Bertz CT molecular complexity index is 282. The fraction of sp³-hybridized carbons (Fsp3) is 0.895. The largest absolute Gasteiger partial charge is 0.480 e. The smallest absolute Gasteiger partial charge is 0.326 e. The van der Waals surface area contributed by atoms with Crippen LogP contribution in [0.5, 0.6) is 0 Å². The van der Waals surface area contributed by atoms with Gasteiger partial charge >= 0.3 is 5.97 Å². The number of nitrogens with one attached hydrogen (secondary N) is 1. The van der Waals surface area contributed by atoms with Crippen molar-refractivity contribution in [2.24, 2.45) is 0 Å². The number of unbranched alkanes of at least 4 members (excludes halogenated alkanes) is 13. The number of carbonyl (C=O) groups excluding carboxylic acids is 1. The summed E-state index contributed by atoms with van der Waals surface area (Å²) in [5, 5.41) is 11.2. The van der Waals surface area contributed by atoms with Crippen LogP contribution in [0.2, 0.25) is 0 Å². The average molecular weight is 328 g/mol. The molecule has 1 amide bonds. The van der Waals surface area contributed by atoms with Crippen LogP contribution < -0.4 is 5.32 Å². The SMILES string of the molecule is CCCCCCCCCCCCCCCCC(NC=O)C(=O)O. The van der Waals surface area contributed by atoms with Gasteiger partial charge in [-0.25, -0.2) is 4.79 Å². The lowest BCUT2D eigenvalue weighted by molar-refractivity contribution is -0.140. The average Bonchev–Trinajstić information content (AvgIpc) is 2.54. The molecule has 0 bridgehead atoms. The number of rotatable bonds is 18. The number of carbonyl (C=O) groups is 2. The minimum Gasteiger partial charge on any atom is -0.480 e. The fourth-order valence-electron chi connectivity index (χ4n) is 2.90. The number of amides is 1. The standard InChI is InChI=1S/C19H37NO3/c1-2-3-4-5-6-7-8-9-10-11-12-13-14-15-16-18(19(22)23)20-17-21/h17-18H,2-16H2,1H3,(H,20,21)(H,22,23). The second-order valence-corrected chi connectivity index (χ2v) is 6.56. The summed E-state index contributed by atoms with van der Waals surface area (Å²) in [5.74, 6) is -0.938. The lowest BCUT2D eigenvalue weighted by atomic mass is 10.0. The third-order valence-corrected chi connectivity index (χ3v) is 4.41. The van der Waals surface area contributed by atoms with Crippen LogP contribution in [0.15, 0.2) is 0 Å². The maximum absolute atomic E-state index is 10.8. The Morgan fingerprint density at radius 2 is 1.22 bits per heavy atom. The van der Waals surface area contributed by atoms with Crippen molar-refractivity contribution in [1.29, 1.82) is 0 Å². The predicted octanol–water partition coefficient (Wildman–Crippen LogP) is 5.06. The van der Waals surface area contributed by atoms with Crippen LogP contribution in [-0.4, -0.2) is 23.5 Å². The summed E-state index contributed by atoms with van der Waals surface area (Å²) in [6.45, 7) is 2.26. The maximum atomic E-state index is 10.8. The molecule has 0 radical (unpaired) electrons. The van der Waals surface area contributed by atoms with Gasteiger partial charge in [0.25, 0.3) is 0 Å². The molecule has 0 aromatic rings. The van der Waals surface area contributed by atoms with Crippen LogP contribution >= 0.6 is 0 Å². The highest BCUT2D eigenvalue weighted by molar-refractivity contribution is 5.76. The molecule has 0 spiro atoms.